The van der Waals surface area contributed by atoms with Gasteiger partial charge >= 0.3 is 0 Å². The second-order valence-corrected chi connectivity index (χ2v) is 7.30. The van der Waals surface area contributed by atoms with Crippen LogP contribution in [0.1, 0.15) is 23.4 Å². The lowest BCUT2D eigenvalue weighted by atomic mass is 9.95. The predicted molar refractivity (Wildman–Crippen MR) is 98.3 cm³/mol. The van der Waals surface area contributed by atoms with Gasteiger partial charge in [-0.25, -0.2) is 4.98 Å². The first-order valence-corrected chi connectivity index (χ1v) is 8.95. The van der Waals surface area contributed by atoms with Crippen molar-refractivity contribution in [1.82, 2.24) is 4.98 Å². The van der Waals surface area contributed by atoms with Crippen molar-refractivity contribution in [3.8, 4) is 11.3 Å². The van der Waals surface area contributed by atoms with Crippen molar-refractivity contribution >= 4 is 22.9 Å². The Hall–Kier alpha value is -2.46. The quantitative estimate of drug-likeness (QED) is 0.745. The first-order chi connectivity index (χ1) is 11.7. The number of amides is 1. The maximum absolute atomic E-state index is 12.8. The number of hydrogen-bond donors (Lipinski definition) is 1. The van der Waals surface area contributed by atoms with Crippen LogP contribution in [0.3, 0.4) is 0 Å². The van der Waals surface area contributed by atoms with Crippen LogP contribution in [0, 0.1) is 6.92 Å². The first-order valence-electron chi connectivity index (χ1n) is 8.07. The van der Waals surface area contributed by atoms with E-state index in [1.165, 1.54) is 0 Å². The molecule has 1 amide bonds. The molecule has 0 unspecified atom stereocenters. The SMILES string of the molecule is Cc1nc(-c2cccc(NC(=O)C3(c4ccccc4)CC3)c2)cs1. The molecule has 0 radical (unpaired) electrons. The minimum Gasteiger partial charge on any atom is -0.325 e. The Morgan fingerprint density at radius 2 is 1.92 bits per heavy atom. The van der Waals surface area contributed by atoms with E-state index in [2.05, 4.69) is 10.3 Å². The first kappa shape index (κ1) is 15.1. The third-order valence-electron chi connectivity index (χ3n) is 4.55. The molecule has 0 aliphatic heterocycles. The lowest BCUT2D eigenvalue weighted by molar-refractivity contribution is -0.118. The zero-order valence-electron chi connectivity index (χ0n) is 13.5. The van der Waals surface area contributed by atoms with Crippen LogP contribution in [0.4, 0.5) is 5.69 Å². The molecule has 3 nitrogen and oxygen atoms in total. The Bertz CT molecular complexity index is 881. The highest BCUT2D eigenvalue weighted by molar-refractivity contribution is 7.09. The highest BCUT2D eigenvalue weighted by Crippen LogP contribution is 2.49. The van der Waals surface area contributed by atoms with Crippen LogP contribution in [-0.2, 0) is 10.2 Å². The second-order valence-electron chi connectivity index (χ2n) is 6.23. The van der Waals surface area contributed by atoms with Crippen LogP contribution in [0.25, 0.3) is 11.3 Å². The molecule has 1 aliphatic rings. The summed E-state index contributed by atoms with van der Waals surface area (Å²) in [6.07, 6.45) is 1.82. The average Bonchev–Trinajstić information content (AvgIpc) is 3.32. The van der Waals surface area contributed by atoms with Gasteiger partial charge < -0.3 is 5.32 Å². The summed E-state index contributed by atoms with van der Waals surface area (Å²) in [6, 6.07) is 18.0. The number of aromatic nitrogens is 1. The minimum absolute atomic E-state index is 0.0836. The fourth-order valence-electron chi connectivity index (χ4n) is 3.03. The Balaban J connectivity index is 1.57. The van der Waals surface area contributed by atoms with Crippen LogP contribution < -0.4 is 5.32 Å². The lowest BCUT2D eigenvalue weighted by Gasteiger charge is -2.16. The van der Waals surface area contributed by atoms with Gasteiger partial charge in [0.05, 0.1) is 16.1 Å². The van der Waals surface area contributed by atoms with Gasteiger partial charge in [-0.15, -0.1) is 11.3 Å². The number of nitrogens with one attached hydrogen (secondary N) is 1. The van der Waals surface area contributed by atoms with Gasteiger partial charge in [-0.05, 0) is 37.5 Å². The summed E-state index contributed by atoms with van der Waals surface area (Å²) in [5.74, 6) is 0.0836. The molecule has 1 saturated carbocycles. The number of rotatable bonds is 4. The van der Waals surface area contributed by atoms with Crippen LogP contribution >= 0.6 is 11.3 Å². The molecule has 4 rings (SSSR count). The number of nitrogens with zero attached hydrogens (tertiary/aromatic N) is 1. The van der Waals surface area contributed by atoms with Crippen LogP contribution in [0.5, 0.6) is 0 Å². The molecule has 1 fully saturated rings. The number of hydrogen-bond acceptors (Lipinski definition) is 3. The van der Waals surface area contributed by atoms with Crippen LogP contribution in [-0.4, -0.2) is 10.9 Å². The van der Waals surface area contributed by atoms with Crippen molar-refractivity contribution in [2.45, 2.75) is 25.2 Å². The summed E-state index contributed by atoms with van der Waals surface area (Å²) in [6.45, 7) is 2.00. The normalized spacial score (nSPS) is 15.0. The fourth-order valence-corrected chi connectivity index (χ4v) is 3.65. The molecule has 1 heterocycles. The monoisotopic (exact) mass is 334 g/mol. The van der Waals surface area contributed by atoms with Gasteiger partial charge in [0.1, 0.15) is 0 Å². The van der Waals surface area contributed by atoms with E-state index in [-0.39, 0.29) is 11.3 Å². The molecular formula is C20H18N2OS. The molecule has 3 aromatic rings. The number of carbonyl (C=O) groups is 1. The standard InChI is InChI=1S/C20H18N2OS/c1-14-21-18(13-24-14)15-6-5-9-17(12-15)22-19(23)20(10-11-20)16-7-3-2-4-8-16/h2-9,12-13H,10-11H2,1H3,(H,22,23). The molecule has 0 bridgehead atoms. The summed E-state index contributed by atoms with van der Waals surface area (Å²) in [4.78, 5) is 17.3. The average molecular weight is 334 g/mol. The van der Waals surface area contributed by atoms with Crippen LogP contribution in [0.2, 0.25) is 0 Å². The van der Waals surface area contributed by atoms with E-state index in [4.69, 9.17) is 0 Å². The summed E-state index contributed by atoms with van der Waals surface area (Å²) >= 11 is 1.63. The van der Waals surface area contributed by atoms with Gasteiger partial charge in [0.15, 0.2) is 0 Å². The van der Waals surface area contributed by atoms with Gasteiger partial charge in [-0.2, -0.15) is 0 Å². The molecule has 0 atom stereocenters. The molecule has 4 heteroatoms. The van der Waals surface area contributed by atoms with Crippen molar-refractivity contribution in [1.29, 1.82) is 0 Å². The second kappa shape index (κ2) is 5.87. The molecule has 1 aromatic heterocycles. The predicted octanol–water partition coefficient (Wildman–Crippen LogP) is 4.79. The number of anilines is 1. The third kappa shape index (κ3) is 2.74. The maximum Gasteiger partial charge on any atom is 0.235 e. The van der Waals surface area contributed by atoms with Crippen molar-refractivity contribution in [3.63, 3.8) is 0 Å². The van der Waals surface area contributed by atoms with Gasteiger partial charge in [-0.3, -0.25) is 4.79 Å². The smallest absolute Gasteiger partial charge is 0.235 e. The van der Waals surface area contributed by atoms with E-state index >= 15 is 0 Å². The number of aryl methyl sites for hydroxylation is 1. The molecule has 0 saturated heterocycles. The van der Waals surface area contributed by atoms with E-state index in [1.807, 2.05) is 66.9 Å². The van der Waals surface area contributed by atoms with Gasteiger partial charge in [0.25, 0.3) is 0 Å². The van der Waals surface area contributed by atoms with Crippen LogP contribution in [0.15, 0.2) is 60.0 Å². The van der Waals surface area contributed by atoms with Gasteiger partial charge in [-0.1, -0.05) is 42.5 Å². The molecule has 120 valence electrons. The number of carbonyl (C=O) groups excluding carboxylic acids is 1. The minimum atomic E-state index is -0.353. The lowest BCUT2D eigenvalue weighted by Crippen LogP contribution is -2.27. The maximum atomic E-state index is 12.8. The zero-order chi connectivity index (χ0) is 16.6. The van der Waals surface area contributed by atoms with Gasteiger partial charge in [0.2, 0.25) is 5.91 Å². The zero-order valence-corrected chi connectivity index (χ0v) is 14.3. The molecule has 0 spiro atoms. The summed E-state index contributed by atoms with van der Waals surface area (Å²) in [7, 11) is 0. The van der Waals surface area contributed by atoms with Crippen molar-refractivity contribution in [2.24, 2.45) is 0 Å². The Morgan fingerprint density at radius 1 is 1.12 bits per heavy atom. The largest absolute Gasteiger partial charge is 0.325 e. The Kier molecular flexibility index (Phi) is 3.69. The molecule has 1 aliphatic carbocycles. The number of thiazole rings is 1. The van der Waals surface area contributed by atoms with Crippen molar-refractivity contribution in [2.75, 3.05) is 5.32 Å². The third-order valence-corrected chi connectivity index (χ3v) is 5.32. The molecular weight excluding hydrogens is 316 g/mol. The highest BCUT2D eigenvalue weighted by atomic mass is 32.1. The Morgan fingerprint density at radius 3 is 2.58 bits per heavy atom. The molecule has 24 heavy (non-hydrogen) atoms. The number of benzene rings is 2. The van der Waals surface area contributed by atoms with Gasteiger partial charge in [0, 0.05) is 16.6 Å². The van der Waals surface area contributed by atoms with E-state index in [1.54, 1.807) is 11.3 Å². The molecule has 2 aromatic carbocycles. The van der Waals surface area contributed by atoms with E-state index in [0.717, 1.165) is 40.4 Å². The topological polar surface area (TPSA) is 42.0 Å². The van der Waals surface area contributed by atoms with Crippen molar-refractivity contribution < 1.29 is 4.79 Å². The van der Waals surface area contributed by atoms with E-state index in [0.29, 0.717) is 0 Å². The van der Waals surface area contributed by atoms with E-state index < -0.39 is 0 Å². The summed E-state index contributed by atoms with van der Waals surface area (Å²) < 4.78 is 0. The van der Waals surface area contributed by atoms with Crippen molar-refractivity contribution in [3.05, 3.63) is 70.5 Å². The summed E-state index contributed by atoms with van der Waals surface area (Å²) in [5.41, 5.74) is 3.56. The summed E-state index contributed by atoms with van der Waals surface area (Å²) in [5, 5.41) is 6.18. The highest BCUT2D eigenvalue weighted by Gasteiger charge is 2.51. The Labute approximate surface area is 145 Å². The fraction of sp³-hybridized carbons (Fsp3) is 0.200. The molecule has 1 N–H and O–H groups in total. The van der Waals surface area contributed by atoms with E-state index in [9.17, 15) is 4.79 Å².